The number of nitrogens with zero attached hydrogens (tertiary/aromatic N) is 3. The van der Waals surface area contributed by atoms with E-state index in [2.05, 4.69) is 31.8 Å². The van der Waals surface area contributed by atoms with Crippen LogP contribution in [0, 0.1) is 6.92 Å². The monoisotopic (exact) mass is 484 g/mol. The van der Waals surface area contributed by atoms with Gasteiger partial charge in [0.15, 0.2) is 0 Å². The maximum absolute atomic E-state index is 12.9. The zero-order chi connectivity index (χ0) is 25.0. The molecule has 6 nitrogen and oxygen atoms in total. The summed E-state index contributed by atoms with van der Waals surface area (Å²) in [7, 11) is 0. The highest BCUT2D eigenvalue weighted by Crippen LogP contribution is 2.31. The first kappa shape index (κ1) is 24.5. The number of pyridine rings is 1. The molecule has 184 valence electrons. The van der Waals surface area contributed by atoms with Gasteiger partial charge in [-0.05, 0) is 60.5 Å². The number of hydrogen-bond donors (Lipinski definition) is 1. The van der Waals surface area contributed by atoms with Crippen LogP contribution in [-0.2, 0) is 0 Å². The lowest BCUT2D eigenvalue weighted by molar-refractivity contribution is -0.274. The standard InChI is InChI=1S/C26H27F3N4O2/c1-3-32-13-15-33(16-14-32)24-12-9-20(17-30-24)25(34)31-23-6-4-5-22(18(23)2)19-7-10-21(11-8-19)35-26(27,28)29/h4-12,17H,3,13-16H2,1-2H3,(H,31,34). The van der Waals surface area contributed by atoms with E-state index in [1.54, 1.807) is 36.5 Å². The number of nitrogens with one attached hydrogen (secondary N) is 1. The van der Waals surface area contributed by atoms with E-state index in [1.807, 2.05) is 19.1 Å². The molecule has 0 saturated carbocycles. The molecule has 0 radical (unpaired) electrons. The average Bonchev–Trinajstić information content (AvgIpc) is 2.85. The van der Waals surface area contributed by atoms with Gasteiger partial charge in [0.1, 0.15) is 11.6 Å². The van der Waals surface area contributed by atoms with Gasteiger partial charge < -0.3 is 19.9 Å². The van der Waals surface area contributed by atoms with Crippen molar-refractivity contribution >= 4 is 17.4 Å². The van der Waals surface area contributed by atoms with E-state index in [-0.39, 0.29) is 11.7 Å². The second-order valence-corrected chi connectivity index (χ2v) is 8.33. The van der Waals surface area contributed by atoms with Crippen LogP contribution in [0.1, 0.15) is 22.8 Å². The Morgan fingerprint density at radius 3 is 2.34 bits per heavy atom. The molecule has 35 heavy (non-hydrogen) atoms. The average molecular weight is 485 g/mol. The zero-order valence-corrected chi connectivity index (χ0v) is 19.6. The highest BCUT2D eigenvalue weighted by Gasteiger charge is 2.31. The number of piperazine rings is 1. The van der Waals surface area contributed by atoms with Gasteiger partial charge in [-0.25, -0.2) is 4.98 Å². The van der Waals surface area contributed by atoms with E-state index >= 15 is 0 Å². The van der Waals surface area contributed by atoms with Crippen LogP contribution in [0.25, 0.3) is 11.1 Å². The van der Waals surface area contributed by atoms with E-state index in [4.69, 9.17) is 0 Å². The second-order valence-electron chi connectivity index (χ2n) is 8.33. The minimum Gasteiger partial charge on any atom is -0.406 e. The number of amides is 1. The Morgan fingerprint density at radius 2 is 1.74 bits per heavy atom. The van der Waals surface area contributed by atoms with Crippen molar-refractivity contribution < 1.29 is 22.7 Å². The van der Waals surface area contributed by atoms with Crippen LogP contribution in [-0.4, -0.2) is 54.9 Å². The molecule has 1 saturated heterocycles. The summed E-state index contributed by atoms with van der Waals surface area (Å²) >= 11 is 0. The van der Waals surface area contributed by atoms with Gasteiger partial charge in [-0.2, -0.15) is 0 Å². The fraction of sp³-hybridized carbons (Fsp3) is 0.308. The summed E-state index contributed by atoms with van der Waals surface area (Å²) in [4.78, 5) is 22.0. The Kier molecular flexibility index (Phi) is 7.25. The quantitative estimate of drug-likeness (QED) is 0.511. The number of carbonyl (C=O) groups excluding carboxylic acids is 1. The lowest BCUT2D eigenvalue weighted by Gasteiger charge is -2.34. The predicted molar refractivity (Wildman–Crippen MR) is 130 cm³/mol. The number of benzene rings is 2. The first-order valence-corrected chi connectivity index (χ1v) is 11.4. The number of carbonyl (C=O) groups is 1. The molecule has 0 aliphatic carbocycles. The number of rotatable bonds is 6. The molecule has 0 spiro atoms. The van der Waals surface area contributed by atoms with Crippen LogP contribution in [0.4, 0.5) is 24.7 Å². The first-order valence-electron chi connectivity index (χ1n) is 11.4. The third-order valence-electron chi connectivity index (χ3n) is 6.13. The third kappa shape index (κ3) is 6.10. The van der Waals surface area contributed by atoms with Crippen molar-refractivity contribution in [1.29, 1.82) is 0 Å². The lowest BCUT2D eigenvalue weighted by Crippen LogP contribution is -2.46. The van der Waals surface area contributed by atoms with Gasteiger partial charge in [0, 0.05) is 38.1 Å². The molecule has 1 fully saturated rings. The summed E-state index contributed by atoms with van der Waals surface area (Å²) in [6.07, 6.45) is -3.16. The maximum Gasteiger partial charge on any atom is 0.573 e. The molecule has 1 aromatic heterocycles. The van der Waals surface area contributed by atoms with Crippen LogP contribution < -0.4 is 15.0 Å². The van der Waals surface area contributed by atoms with Crippen molar-refractivity contribution in [2.75, 3.05) is 42.9 Å². The molecule has 9 heteroatoms. The molecular weight excluding hydrogens is 457 g/mol. The van der Waals surface area contributed by atoms with Gasteiger partial charge >= 0.3 is 6.36 Å². The molecule has 0 unspecified atom stereocenters. The van der Waals surface area contributed by atoms with E-state index in [9.17, 15) is 18.0 Å². The van der Waals surface area contributed by atoms with Crippen LogP contribution in [0.15, 0.2) is 60.8 Å². The van der Waals surface area contributed by atoms with Crippen molar-refractivity contribution in [2.45, 2.75) is 20.2 Å². The largest absolute Gasteiger partial charge is 0.573 e. The minimum absolute atomic E-state index is 0.283. The topological polar surface area (TPSA) is 57.7 Å². The van der Waals surface area contributed by atoms with Crippen molar-refractivity contribution in [3.05, 3.63) is 71.9 Å². The summed E-state index contributed by atoms with van der Waals surface area (Å²) in [6, 6.07) is 14.7. The van der Waals surface area contributed by atoms with Crippen molar-refractivity contribution in [3.8, 4) is 16.9 Å². The molecule has 1 aliphatic rings. The zero-order valence-electron chi connectivity index (χ0n) is 19.6. The number of aromatic nitrogens is 1. The molecule has 0 atom stereocenters. The highest BCUT2D eigenvalue weighted by molar-refractivity contribution is 6.05. The molecule has 1 amide bonds. The smallest absolute Gasteiger partial charge is 0.406 e. The molecule has 2 heterocycles. The normalized spacial score (nSPS) is 14.6. The Balaban J connectivity index is 1.44. The van der Waals surface area contributed by atoms with Gasteiger partial charge in [-0.15, -0.1) is 13.2 Å². The maximum atomic E-state index is 12.9. The van der Waals surface area contributed by atoms with Crippen molar-refractivity contribution in [1.82, 2.24) is 9.88 Å². The van der Waals surface area contributed by atoms with E-state index < -0.39 is 6.36 Å². The Labute approximate surface area is 202 Å². The number of likely N-dealkylation sites (N-methyl/N-ethyl adjacent to an activating group) is 1. The molecule has 1 aliphatic heterocycles. The van der Waals surface area contributed by atoms with Crippen LogP contribution in [0.3, 0.4) is 0 Å². The number of ether oxygens (including phenoxy) is 1. The number of alkyl halides is 3. The Hall–Kier alpha value is -3.59. The number of anilines is 2. The fourth-order valence-corrected chi connectivity index (χ4v) is 4.12. The highest BCUT2D eigenvalue weighted by atomic mass is 19.4. The van der Waals surface area contributed by atoms with E-state index in [0.29, 0.717) is 16.8 Å². The van der Waals surface area contributed by atoms with Gasteiger partial charge in [0.05, 0.1) is 5.56 Å². The number of halogens is 3. The third-order valence-corrected chi connectivity index (χ3v) is 6.13. The van der Waals surface area contributed by atoms with Crippen molar-refractivity contribution in [3.63, 3.8) is 0 Å². The Bertz CT molecular complexity index is 1160. The molecular formula is C26H27F3N4O2. The molecule has 2 aromatic carbocycles. The predicted octanol–water partition coefficient (Wildman–Crippen LogP) is 5.35. The van der Waals surface area contributed by atoms with Gasteiger partial charge in [0.25, 0.3) is 5.91 Å². The minimum atomic E-state index is -4.74. The summed E-state index contributed by atoms with van der Waals surface area (Å²) in [6.45, 7) is 8.84. The summed E-state index contributed by atoms with van der Waals surface area (Å²) in [5, 5.41) is 2.92. The summed E-state index contributed by atoms with van der Waals surface area (Å²) in [5.74, 6) is 0.286. The molecule has 0 bridgehead atoms. The van der Waals surface area contributed by atoms with Gasteiger partial charge in [-0.1, -0.05) is 31.2 Å². The Morgan fingerprint density at radius 1 is 1.03 bits per heavy atom. The molecule has 4 rings (SSSR count). The lowest BCUT2D eigenvalue weighted by atomic mass is 9.99. The summed E-state index contributed by atoms with van der Waals surface area (Å²) < 4.78 is 41.2. The van der Waals surface area contributed by atoms with E-state index in [1.165, 1.54) is 12.1 Å². The summed E-state index contributed by atoms with van der Waals surface area (Å²) in [5.41, 5.74) is 3.36. The molecule has 1 N–H and O–H groups in total. The van der Waals surface area contributed by atoms with Crippen LogP contribution in [0.2, 0.25) is 0 Å². The first-order chi connectivity index (χ1) is 16.7. The molecule has 3 aromatic rings. The number of hydrogen-bond acceptors (Lipinski definition) is 5. The van der Waals surface area contributed by atoms with Crippen molar-refractivity contribution in [2.24, 2.45) is 0 Å². The van der Waals surface area contributed by atoms with Crippen LogP contribution in [0.5, 0.6) is 5.75 Å². The second kappa shape index (κ2) is 10.4. The van der Waals surface area contributed by atoms with Gasteiger partial charge in [-0.3, -0.25) is 4.79 Å². The van der Waals surface area contributed by atoms with Gasteiger partial charge in [0.2, 0.25) is 0 Å². The van der Waals surface area contributed by atoms with E-state index in [0.717, 1.165) is 49.7 Å². The fourth-order valence-electron chi connectivity index (χ4n) is 4.12. The van der Waals surface area contributed by atoms with Crippen LogP contribution >= 0.6 is 0 Å². The SMILES string of the molecule is CCN1CCN(c2ccc(C(=O)Nc3cccc(-c4ccc(OC(F)(F)F)cc4)c3C)cn2)CC1.